The van der Waals surface area contributed by atoms with Crippen LogP contribution in [0.4, 0.5) is 14.9 Å². The Balaban J connectivity index is 1.32. The Morgan fingerprint density at radius 1 is 0.944 bits per heavy atom. The molecule has 6 heteroatoms. The van der Waals surface area contributed by atoms with Gasteiger partial charge in [-0.1, -0.05) is 48.2 Å². The quantitative estimate of drug-likeness (QED) is 0.532. The Labute approximate surface area is 211 Å². The first-order valence-electron chi connectivity index (χ1n) is 12.5. The van der Waals surface area contributed by atoms with Gasteiger partial charge < -0.3 is 15.3 Å². The second-order valence-electron chi connectivity index (χ2n) is 9.41. The van der Waals surface area contributed by atoms with Gasteiger partial charge in [-0.05, 0) is 67.4 Å². The first-order chi connectivity index (χ1) is 17.6. The maximum Gasteiger partial charge on any atom is 0.321 e. The predicted molar refractivity (Wildman–Crippen MR) is 139 cm³/mol. The molecular weight excluding hydrogens is 453 g/mol. The molecule has 2 N–H and O–H groups in total. The lowest BCUT2D eigenvalue weighted by Crippen LogP contribution is -2.68. The lowest BCUT2D eigenvalue weighted by atomic mass is 9.74. The molecule has 5 rings (SSSR count). The smallest absolute Gasteiger partial charge is 0.321 e. The van der Waals surface area contributed by atoms with Crippen LogP contribution in [0, 0.1) is 17.7 Å². The molecule has 3 aromatic rings. The number of carbonyl (C=O) groups is 1. The summed E-state index contributed by atoms with van der Waals surface area (Å²) in [6, 6.07) is 24.0. The van der Waals surface area contributed by atoms with Crippen LogP contribution < -0.4 is 5.32 Å². The number of urea groups is 1. The number of nitrogens with zero attached hydrogens (tertiary/aromatic N) is 2. The molecule has 0 aliphatic carbocycles. The third-order valence-electron chi connectivity index (χ3n) is 7.15. The summed E-state index contributed by atoms with van der Waals surface area (Å²) in [5.41, 5.74) is 3.51. The molecule has 2 aliphatic heterocycles. The number of aliphatic hydroxyl groups excluding tert-OH is 1. The number of aliphatic hydroxyl groups is 1. The zero-order chi connectivity index (χ0) is 24.9. The van der Waals surface area contributed by atoms with Crippen molar-refractivity contribution in [1.29, 1.82) is 0 Å². The van der Waals surface area contributed by atoms with E-state index in [9.17, 15) is 14.3 Å². The third kappa shape index (κ3) is 5.28. The summed E-state index contributed by atoms with van der Waals surface area (Å²) in [7, 11) is 0. The van der Waals surface area contributed by atoms with E-state index in [1.807, 2.05) is 47.4 Å². The van der Waals surface area contributed by atoms with E-state index in [4.69, 9.17) is 0 Å². The minimum absolute atomic E-state index is 0.0301. The van der Waals surface area contributed by atoms with E-state index in [0.29, 0.717) is 18.8 Å². The molecule has 0 aromatic heterocycles. The average Bonchev–Trinajstić information content (AvgIpc) is 2.88. The van der Waals surface area contributed by atoms with Gasteiger partial charge in [0.25, 0.3) is 0 Å². The minimum Gasteiger partial charge on any atom is -0.395 e. The molecule has 2 fully saturated rings. The van der Waals surface area contributed by atoms with Gasteiger partial charge in [0, 0.05) is 47.9 Å². The summed E-state index contributed by atoms with van der Waals surface area (Å²) >= 11 is 0. The molecule has 3 aromatic carbocycles. The summed E-state index contributed by atoms with van der Waals surface area (Å²) in [5.74, 6) is 6.14. The number of anilines is 1. The van der Waals surface area contributed by atoms with Crippen LogP contribution in [0.1, 0.15) is 35.4 Å². The normalized spacial score (nSPS) is 21.7. The van der Waals surface area contributed by atoms with Crippen molar-refractivity contribution in [2.24, 2.45) is 0 Å². The molecular formula is C30H30FN3O2. The van der Waals surface area contributed by atoms with E-state index in [-0.39, 0.29) is 36.5 Å². The van der Waals surface area contributed by atoms with Gasteiger partial charge in [0.2, 0.25) is 0 Å². The Morgan fingerprint density at radius 2 is 1.67 bits per heavy atom. The summed E-state index contributed by atoms with van der Waals surface area (Å²) in [6.07, 6.45) is 1.84. The maximum atomic E-state index is 13.6. The number of halogens is 1. The number of hydrogen-bond donors (Lipinski definition) is 2. The van der Waals surface area contributed by atoms with Crippen molar-refractivity contribution in [2.75, 3.05) is 31.6 Å². The van der Waals surface area contributed by atoms with Crippen molar-refractivity contribution in [1.82, 2.24) is 9.80 Å². The number of benzene rings is 3. The monoisotopic (exact) mass is 483 g/mol. The van der Waals surface area contributed by atoms with E-state index in [1.54, 1.807) is 12.1 Å². The molecule has 2 aliphatic rings. The number of amides is 2. The van der Waals surface area contributed by atoms with Gasteiger partial charge >= 0.3 is 6.03 Å². The van der Waals surface area contributed by atoms with Crippen LogP contribution in [0.5, 0.6) is 0 Å². The summed E-state index contributed by atoms with van der Waals surface area (Å²) < 4.78 is 13.6. The second-order valence-corrected chi connectivity index (χ2v) is 9.41. The lowest BCUT2D eigenvalue weighted by Gasteiger charge is -2.57. The summed E-state index contributed by atoms with van der Waals surface area (Å²) in [4.78, 5) is 17.2. The minimum atomic E-state index is -0.381. The Bertz CT molecular complexity index is 1250. The molecule has 2 heterocycles. The number of rotatable bonds is 3. The Hall–Kier alpha value is -3.66. The number of fused-ring (bicyclic) bond motifs is 1. The van der Waals surface area contributed by atoms with Gasteiger partial charge in [0.15, 0.2) is 0 Å². The highest BCUT2D eigenvalue weighted by molar-refractivity contribution is 5.89. The highest BCUT2D eigenvalue weighted by Crippen LogP contribution is 2.42. The van der Waals surface area contributed by atoms with Gasteiger partial charge in [-0.3, -0.25) is 4.90 Å². The van der Waals surface area contributed by atoms with Gasteiger partial charge in [0.05, 0.1) is 6.61 Å². The van der Waals surface area contributed by atoms with Crippen LogP contribution in [0.2, 0.25) is 0 Å². The molecule has 2 amide bonds. The molecule has 5 nitrogen and oxygen atoms in total. The van der Waals surface area contributed by atoms with Crippen molar-refractivity contribution in [3.8, 4) is 11.8 Å². The van der Waals surface area contributed by atoms with Crippen LogP contribution in [0.3, 0.4) is 0 Å². The zero-order valence-corrected chi connectivity index (χ0v) is 20.1. The molecule has 0 spiro atoms. The second kappa shape index (κ2) is 10.9. The Morgan fingerprint density at radius 3 is 2.39 bits per heavy atom. The summed E-state index contributed by atoms with van der Waals surface area (Å²) in [6.45, 7) is 2.19. The predicted octanol–water partition coefficient (Wildman–Crippen LogP) is 4.68. The first-order valence-corrected chi connectivity index (χ1v) is 12.5. The van der Waals surface area contributed by atoms with Gasteiger partial charge in [0.1, 0.15) is 5.82 Å². The van der Waals surface area contributed by atoms with Crippen molar-refractivity contribution in [2.45, 2.75) is 30.8 Å². The maximum absolute atomic E-state index is 13.6. The average molecular weight is 484 g/mol. The van der Waals surface area contributed by atoms with Crippen LogP contribution in [0.15, 0.2) is 78.9 Å². The molecule has 3 atom stereocenters. The topological polar surface area (TPSA) is 55.8 Å². The molecule has 0 unspecified atom stereocenters. The van der Waals surface area contributed by atoms with Gasteiger partial charge in [-0.25, -0.2) is 9.18 Å². The molecule has 184 valence electrons. The largest absolute Gasteiger partial charge is 0.395 e. The SMILES string of the molecule is O=C(Nc1cccc(F)c1)N1CCCCN2[C@H](CO)[C@H](c3ccc(C#Cc4ccccc4)cc3)[C@@H]2C1. The standard InChI is InChI=1S/C30H30FN3O2/c31-25-9-6-10-26(19-25)32-30(36)33-17-4-5-18-34-27(20-33)29(28(34)21-35)24-15-13-23(14-16-24)12-11-22-7-2-1-3-8-22/h1-3,6-10,13-16,19,27-29,35H,4-5,17-18,20-21H2,(H,32,36)/t27-,28+,29+/m0/s1. The van der Waals surface area contributed by atoms with Crippen LogP contribution in [0.25, 0.3) is 0 Å². The molecule has 0 radical (unpaired) electrons. The molecule has 0 saturated carbocycles. The number of nitrogens with one attached hydrogen (secondary N) is 1. The van der Waals surface area contributed by atoms with Crippen LogP contribution >= 0.6 is 0 Å². The zero-order valence-electron chi connectivity index (χ0n) is 20.1. The van der Waals surface area contributed by atoms with E-state index < -0.39 is 0 Å². The number of carbonyl (C=O) groups excluding carboxylic acids is 1. The highest BCUT2D eigenvalue weighted by atomic mass is 19.1. The Kier molecular flexibility index (Phi) is 7.31. The van der Waals surface area contributed by atoms with E-state index in [0.717, 1.165) is 36.1 Å². The van der Waals surface area contributed by atoms with E-state index >= 15 is 0 Å². The fourth-order valence-corrected chi connectivity index (χ4v) is 5.35. The van der Waals surface area contributed by atoms with Crippen LogP contribution in [-0.2, 0) is 0 Å². The van der Waals surface area contributed by atoms with Crippen LogP contribution in [-0.4, -0.2) is 59.3 Å². The highest BCUT2D eigenvalue weighted by Gasteiger charge is 2.49. The lowest BCUT2D eigenvalue weighted by molar-refractivity contribution is -0.0585. The molecule has 2 saturated heterocycles. The van der Waals surface area contributed by atoms with Gasteiger partial charge in [-0.15, -0.1) is 0 Å². The van der Waals surface area contributed by atoms with Crippen molar-refractivity contribution in [3.05, 3.63) is 101 Å². The van der Waals surface area contributed by atoms with E-state index in [1.165, 1.54) is 12.1 Å². The van der Waals surface area contributed by atoms with E-state index in [2.05, 4.69) is 34.2 Å². The third-order valence-corrected chi connectivity index (χ3v) is 7.15. The molecule has 36 heavy (non-hydrogen) atoms. The van der Waals surface area contributed by atoms with Crippen molar-refractivity contribution >= 4 is 11.7 Å². The fraction of sp³-hybridized carbons (Fsp3) is 0.300. The van der Waals surface area contributed by atoms with Gasteiger partial charge in [-0.2, -0.15) is 0 Å². The van der Waals surface area contributed by atoms with Crippen molar-refractivity contribution < 1.29 is 14.3 Å². The fourth-order valence-electron chi connectivity index (χ4n) is 5.35. The van der Waals surface area contributed by atoms with Crippen molar-refractivity contribution in [3.63, 3.8) is 0 Å². The first kappa shape index (κ1) is 24.1. The number of hydrogen-bond acceptors (Lipinski definition) is 3. The molecule has 0 bridgehead atoms. The summed E-state index contributed by atoms with van der Waals surface area (Å²) in [5, 5.41) is 13.0.